The number of likely N-dealkylation sites (tertiary alicyclic amines) is 1. The fourth-order valence-electron chi connectivity index (χ4n) is 2.26. The van der Waals surface area contributed by atoms with Crippen molar-refractivity contribution in [3.8, 4) is 0 Å². The smallest absolute Gasteiger partial charge is 0.326 e. The topological polar surface area (TPSA) is 125 Å². The van der Waals surface area contributed by atoms with Crippen LogP contribution in [0.2, 0.25) is 0 Å². The zero-order valence-corrected chi connectivity index (χ0v) is 12.1. The molecule has 1 aliphatic heterocycles. The van der Waals surface area contributed by atoms with Crippen LogP contribution in [-0.4, -0.2) is 60.1 Å². The number of hydrogen-bond donors (Lipinski definition) is 4. The summed E-state index contributed by atoms with van der Waals surface area (Å²) < 4.78 is 0. The molecule has 0 unspecified atom stereocenters. The van der Waals surface area contributed by atoms with E-state index in [2.05, 4.69) is 15.5 Å². The standard InChI is InChI=1S/C13H24N4O4/c14-11(18)5-4-10(12(19)20)16-13(21)15-6-9-17-7-2-1-3-8-17/h10H,1-9H2,(H2,14,18)(H,19,20)(H2,15,16,21)/t10-/m1/s1. The molecule has 0 radical (unpaired) electrons. The van der Waals surface area contributed by atoms with Gasteiger partial charge in [-0.05, 0) is 32.4 Å². The number of rotatable bonds is 8. The van der Waals surface area contributed by atoms with Crippen molar-refractivity contribution in [2.75, 3.05) is 26.2 Å². The van der Waals surface area contributed by atoms with Crippen molar-refractivity contribution >= 4 is 17.9 Å². The minimum atomic E-state index is -1.18. The van der Waals surface area contributed by atoms with Crippen LogP contribution in [0.25, 0.3) is 0 Å². The van der Waals surface area contributed by atoms with Crippen molar-refractivity contribution < 1.29 is 19.5 Å². The quantitative estimate of drug-likeness (QED) is 0.480. The van der Waals surface area contributed by atoms with Gasteiger partial charge in [0, 0.05) is 19.5 Å². The Labute approximate surface area is 124 Å². The summed E-state index contributed by atoms with van der Waals surface area (Å²) in [5.41, 5.74) is 4.97. The van der Waals surface area contributed by atoms with Gasteiger partial charge in [0.25, 0.3) is 0 Å². The number of carboxylic acids is 1. The molecule has 8 nitrogen and oxygen atoms in total. The third kappa shape index (κ3) is 7.50. The van der Waals surface area contributed by atoms with Gasteiger partial charge in [0.2, 0.25) is 5.91 Å². The van der Waals surface area contributed by atoms with E-state index >= 15 is 0 Å². The summed E-state index contributed by atoms with van der Waals surface area (Å²) in [6.45, 7) is 3.31. The number of hydrogen-bond acceptors (Lipinski definition) is 4. The van der Waals surface area contributed by atoms with Crippen molar-refractivity contribution in [1.82, 2.24) is 15.5 Å². The van der Waals surface area contributed by atoms with Crippen molar-refractivity contribution in [3.05, 3.63) is 0 Å². The molecule has 1 atom stereocenters. The maximum absolute atomic E-state index is 11.6. The molecule has 0 aromatic carbocycles. The second-order valence-corrected chi connectivity index (χ2v) is 5.20. The van der Waals surface area contributed by atoms with Gasteiger partial charge in [0.15, 0.2) is 0 Å². The van der Waals surface area contributed by atoms with Gasteiger partial charge >= 0.3 is 12.0 Å². The number of urea groups is 1. The van der Waals surface area contributed by atoms with E-state index in [0.29, 0.717) is 6.54 Å². The minimum absolute atomic E-state index is 0.00971. The van der Waals surface area contributed by atoms with Gasteiger partial charge in [0.1, 0.15) is 6.04 Å². The molecule has 0 bridgehead atoms. The second kappa shape index (κ2) is 9.17. The average molecular weight is 300 g/mol. The molecular weight excluding hydrogens is 276 g/mol. The molecule has 0 aromatic rings. The molecule has 0 aromatic heterocycles. The SMILES string of the molecule is NC(=O)CC[C@@H](NC(=O)NCCN1CCCCC1)C(=O)O. The number of carbonyl (C=O) groups excluding carboxylic acids is 2. The van der Waals surface area contributed by atoms with Crippen LogP contribution in [0.1, 0.15) is 32.1 Å². The Balaban J connectivity index is 2.22. The van der Waals surface area contributed by atoms with Gasteiger partial charge in [-0.2, -0.15) is 0 Å². The molecular formula is C13H24N4O4. The number of nitrogens with two attached hydrogens (primary N) is 1. The molecule has 1 fully saturated rings. The van der Waals surface area contributed by atoms with E-state index in [0.717, 1.165) is 19.6 Å². The molecule has 0 spiro atoms. The number of aliphatic carboxylic acids is 1. The van der Waals surface area contributed by atoms with E-state index in [4.69, 9.17) is 10.8 Å². The summed E-state index contributed by atoms with van der Waals surface area (Å²) >= 11 is 0. The number of primary amides is 1. The predicted octanol–water partition coefficient (Wildman–Crippen LogP) is -0.510. The molecule has 3 amide bonds. The first-order valence-corrected chi connectivity index (χ1v) is 7.27. The summed E-state index contributed by atoms with van der Waals surface area (Å²) in [6, 6.07) is -1.64. The van der Waals surface area contributed by atoms with Crippen LogP contribution >= 0.6 is 0 Å². The Morgan fingerprint density at radius 3 is 2.43 bits per heavy atom. The third-order valence-electron chi connectivity index (χ3n) is 3.45. The van der Waals surface area contributed by atoms with Gasteiger partial charge in [0.05, 0.1) is 0 Å². The largest absolute Gasteiger partial charge is 0.480 e. The average Bonchev–Trinajstić information content (AvgIpc) is 2.44. The first kappa shape index (κ1) is 17.2. The minimum Gasteiger partial charge on any atom is -0.480 e. The predicted molar refractivity (Wildman–Crippen MR) is 76.7 cm³/mol. The highest BCUT2D eigenvalue weighted by Crippen LogP contribution is 2.07. The monoisotopic (exact) mass is 300 g/mol. The fourth-order valence-corrected chi connectivity index (χ4v) is 2.26. The molecule has 0 saturated carbocycles. The Hall–Kier alpha value is -1.83. The third-order valence-corrected chi connectivity index (χ3v) is 3.45. The Morgan fingerprint density at radius 2 is 1.86 bits per heavy atom. The summed E-state index contributed by atoms with van der Waals surface area (Å²) in [4.78, 5) is 35.5. The van der Waals surface area contributed by atoms with Gasteiger partial charge in [-0.3, -0.25) is 4.79 Å². The number of nitrogens with zero attached hydrogens (tertiary/aromatic N) is 1. The fraction of sp³-hybridized carbons (Fsp3) is 0.769. The first-order valence-electron chi connectivity index (χ1n) is 7.27. The lowest BCUT2D eigenvalue weighted by Gasteiger charge is -2.26. The van der Waals surface area contributed by atoms with Gasteiger partial charge < -0.3 is 26.4 Å². The molecule has 21 heavy (non-hydrogen) atoms. The van der Waals surface area contributed by atoms with Crippen LogP contribution in [0.4, 0.5) is 4.79 Å². The molecule has 1 rings (SSSR count). The van der Waals surface area contributed by atoms with Crippen LogP contribution in [0, 0.1) is 0 Å². The normalized spacial score (nSPS) is 17.0. The number of amides is 3. The van der Waals surface area contributed by atoms with Crippen molar-refractivity contribution in [2.45, 2.75) is 38.1 Å². The Morgan fingerprint density at radius 1 is 1.19 bits per heavy atom. The van der Waals surface area contributed by atoms with Crippen LogP contribution < -0.4 is 16.4 Å². The van der Waals surface area contributed by atoms with Gasteiger partial charge in [-0.15, -0.1) is 0 Å². The highest BCUT2D eigenvalue weighted by Gasteiger charge is 2.20. The van der Waals surface area contributed by atoms with E-state index < -0.39 is 23.9 Å². The molecule has 1 heterocycles. The van der Waals surface area contributed by atoms with Crippen LogP contribution in [0.5, 0.6) is 0 Å². The van der Waals surface area contributed by atoms with E-state index in [1.165, 1.54) is 19.3 Å². The number of carboxylic acid groups (broad SMARTS) is 1. The van der Waals surface area contributed by atoms with Gasteiger partial charge in [-0.1, -0.05) is 6.42 Å². The first-order chi connectivity index (χ1) is 9.99. The van der Waals surface area contributed by atoms with Crippen LogP contribution in [0.15, 0.2) is 0 Å². The molecule has 1 aliphatic rings. The molecule has 1 saturated heterocycles. The van der Waals surface area contributed by atoms with E-state index in [9.17, 15) is 14.4 Å². The van der Waals surface area contributed by atoms with E-state index in [1.807, 2.05) is 0 Å². The van der Waals surface area contributed by atoms with E-state index in [1.54, 1.807) is 0 Å². The molecule has 5 N–H and O–H groups in total. The second-order valence-electron chi connectivity index (χ2n) is 5.20. The van der Waals surface area contributed by atoms with Crippen LogP contribution in [0.3, 0.4) is 0 Å². The Kier molecular flexibility index (Phi) is 7.52. The van der Waals surface area contributed by atoms with Crippen molar-refractivity contribution in [1.29, 1.82) is 0 Å². The van der Waals surface area contributed by atoms with Crippen molar-refractivity contribution in [2.24, 2.45) is 5.73 Å². The zero-order chi connectivity index (χ0) is 15.7. The lowest BCUT2D eigenvalue weighted by molar-refractivity contribution is -0.139. The molecule has 0 aliphatic carbocycles. The van der Waals surface area contributed by atoms with Crippen LogP contribution in [-0.2, 0) is 9.59 Å². The summed E-state index contributed by atoms with van der Waals surface area (Å²) in [6.07, 6.45) is 3.53. The lowest BCUT2D eigenvalue weighted by Crippen LogP contribution is -2.48. The van der Waals surface area contributed by atoms with E-state index in [-0.39, 0.29) is 12.8 Å². The highest BCUT2D eigenvalue weighted by atomic mass is 16.4. The zero-order valence-electron chi connectivity index (χ0n) is 12.1. The van der Waals surface area contributed by atoms with Crippen molar-refractivity contribution in [3.63, 3.8) is 0 Å². The maximum Gasteiger partial charge on any atom is 0.326 e. The number of nitrogens with one attached hydrogen (secondary N) is 2. The lowest BCUT2D eigenvalue weighted by atomic mass is 10.1. The van der Waals surface area contributed by atoms with Gasteiger partial charge in [-0.25, -0.2) is 9.59 Å². The highest BCUT2D eigenvalue weighted by molar-refractivity contribution is 5.83. The number of carbonyl (C=O) groups is 3. The summed E-state index contributed by atoms with van der Waals surface area (Å²) in [5, 5.41) is 13.9. The summed E-state index contributed by atoms with van der Waals surface area (Å²) in [5.74, 6) is -1.77. The summed E-state index contributed by atoms with van der Waals surface area (Å²) in [7, 11) is 0. The Bertz CT molecular complexity index is 369. The number of piperidine rings is 1. The maximum atomic E-state index is 11.6. The molecule has 120 valence electrons. The molecule has 8 heteroatoms.